The molecule has 1 saturated heterocycles. The number of benzene rings is 3. The van der Waals surface area contributed by atoms with E-state index < -0.39 is 0 Å². The van der Waals surface area contributed by atoms with E-state index in [1.165, 1.54) is 11.8 Å². The Hall–Kier alpha value is -3.29. The highest BCUT2D eigenvalue weighted by Crippen LogP contribution is 2.37. The average Bonchev–Trinajstić information content (AvgIpc) is 3.12. The van der Waals surface area contributed by atoms with E-state index in [-0.39, 0.29) is 5.91 Å². The second-order valence-electron chi connectivity index (χ2n) is 7.45. The SMILES string of the molecule is CCOc1cc(C=C2SC(=S)N(c3ccccc3)C2=O)ccc1OCCOc1ccccc1C. The van der Waals surface area contributed by atoms with Gasteiger partial charge in [-0.15, -0.1) is 0 Å². The van der Waals surface area contributed by atoms with Crippen molar-refractivity contribution < 1.29 is 19.0 Å². The normalized spacial score (nSPS) is 14.5. The van der Waals surface area contributed by atoms with Gasteiger partial charge >= 0.3 is 0 Å². The zero-order chi connectivity index (χ0) is 23.9. The molecule has 0 unspecified atom stereocenters. The van der Waals surface area contributed by atoms with Crippen molar-refractivity contribution in [1.29, 1.82) is 0 Å². The summed E-state index contributed by atoms with van der Waals surface area (Å²) in [5.41, 5.74) is 2.68. The maximum absolute atomic E-state index is 13.0. The largest absolute Gasteiger partial charge is 0.490 e. The molecule has 1 fully saturated rings. The minimum atomic E-state index is -0.132. The van der Waals surface area contributed by atoms with Crippen LogP contribution in [0.3, 0.4) is 0 Å². The number of anilines is 1. The molecule has 0 N–H and O–H groups in total. The Bertz CT molecular complexity index is 1210. The van der Waals surface area contributed by atoms with Crippen molar-refractivity contribution in [3.05, 3.63) is 88.8 Å². The molecule has 1 aliphatic heterocycles. The molecule has 4 rings (SSSR count). The molecule has 0 aliphatic carbocycles. The molecular formula is C27H25NO4S2. The lowest BCUT2D eigenvalue weighted by Crippen LogP contribution is -2.27. The summed E-state index contributed by atoms with van der Waals surface area (Å²) in [7, 11) is 0. The third-order valence-corrected chi connectivity index (χ3v) is 6.37. The number of para-hydroxylation sites is 2. The monoisotopic (exact) mass is 491 g/mol. The van der Waals surface area contributed by atoms with Crippen LogP contribution in [0.5, 0.6) is 17.2 Å². The molecule has 5 nitrogen and oxygen atoms in total. The molecule has 0 saturated carbocycles. The van der Waals surface area contributed by atoms with Gasteiger partial charge in [-0.2, -0.15) is 0 Å². The summed E-state index contributed by atoms with van der Waals surface area (Å²) in [4.78, 5) is 15.1. The number of thioether (sulfide) groups is 1. The van der Waals surface area contributed by atoms with Crippen molar-refractivity contribution >= 4 is 46.0 Å². The highest BCUT2D eigenvalue weighted by Gasteiger charge is 2.33. The minimum Gasteiger partial charge on any atom is -0.490 e. The molecule has 0 bridgehead atoms. The van der Waals surface area contributed by atoms with Crippen molar-refractivity contribution in [2.75, 3.05) is 24.7 Å². The van der Waals surface area contributed by atoms with E-state index in [0.717, 1.165) is 22.6 Å². The molecule has 174 valence electrons. The number of thiocarbonyl (C=S) groups is 1. The molecule has 7 heteroatoms. The van der Waals surface area contributed by atoms with Gasteiger partial charge in [0.15, 0.2) is 15.8 Å². The van der Waals surface area contributed by atoms with Crippen LogP contribution in [0.2, 0.25) is 0 Å². The first kappa shape index (κ1) is 23.9. The van der Waals surface area contributed by atoms with Gasteiger partial charge in [-0.05, 0) is 61.4 Å². The Labute approximate surface area is 209 Å². The molecule has 1 amide bonds. The van der Waals surface area contributed by atoms with Crippen molar-refractivity contribution in [2.45, 2.75) is 13.8 Å². The van der Waals surface area contributed by atoms with E-state index in [4.69, 9.17) is 26.4 Å². The summed E-state index contributed by atoms with van der Waals surface area (Å²) in [5.74, 6) is 1.96. The number of nitrogens with zero attached hydrogens (tertiary/aromatic N) is 1. The van der Waals surface area contributed by atoms with E-state index in [9.17, 15) is 4.79 Å². The summed E-state index contributed by atoms with van der Waals surface area (Å²) in [6, 6.07) is 22.9. The standard InChI is InChI=1S/C27H25NO4S2/c1-3-30-24-17-20(13-14-23(24)32-16-15-31-22-12-8-7-9-19(22)2)18-25-26(29)28(27(33)34-25)21-10-5-4-6-11-21/h4-14,17-18H,3,15-16H2,1-2H3. The Morgan fingerprint density at radius 2 is 1.59 bits per heavy atom. The average molecular weight is 492 g/mol. The van der Waals surface area contributed by atoms with Crippen molar-refractivity contribution in [3.8, 4) is 17.2 Å². The van der Waals surface area contributed by atoms with Gasteiger partial charge in [0.1, 0.15) is 19.0 Å². The zero-order valence-electron chi connectivity index (χ0n) is 19.0. The van der Waals surface area contributed by atoms with Gasteiger partial charge in [-0.3, -0.25) is 9.69 Å². The van der Waals surface area contributed by atoms with Crippen LogP contribution in [0.4, 0.5) is 5.69 Å². The molecule has 0 radical (unpaired) electrons. The quantitative estimate of drug-likeness (QED) is 0.200. The smallest absolute Gasteiger partial charge is 0.270 e. The first-order valence-corrected chi connectivity index (χ1v) is 12.2. The Kier molecular flexibility index (Phi) is 7.87. The van der Waals surface area contributed by atoms with Crippen LogP contribution in [0.25, 0.3) is 6.08 Å². The van der Waals surface area contributed by atoms with Crippen LogP contribution < -0.4 is 19.1 Å². The lowest BCUT2D eigenvalue weighted by molar-refractivity contribution is -0.113. The summed E-state index contributed by atoms with van der Waals surface area (Å²) >= 11 is 6.75. The first-order chi connectivity index (χ1) is 16.6. The lowest BCUT2D eigenvalue weighted by atomic mass is 10.1. The van der Waals surface area contributed by atoms with Crippen LogP contribution in [0.1, 0.15) is 18.1 Å². The molecule has 3 aromatic carbocycles. The van der Waals surface area contributed by atoms with Gasteiger partial charge in [-0.1, -0.05) is 66.4 Å². The fourth-order valence-corrected chi connectivity index (χ4v) is 4.74. The first-order valence-electron chi connectivity index (χ1n) is 11.0. The molecule has 0 spiro atoms. The van der Waals surface area contributed by atoms with Crippen LogP contribution >= 0.6 is 24.0 Å². The number of hydrogen-bond donors (Lipinski definition) is 0. The van der Waals surface area contributed by atoms with Gasteiger partial charge in [0.2, 0.25) is 0 Å². The van der Waals surface area contributed by atoms with Crippen molar-refractivity contribution in [3.63, 3.8) is 0 Å². The van der Waals surface area contributed by atoms with Crippen molar-refractivity contribution in [2.24, 2.45) is 0 Å². The fourth-order valence-electron chi connectivity index (χ4n) is 3.44. The van der Waals surface area contributed by atoms with Gasteiger partial charge in [0.25, 0.3) is 5.91 Å². The minimum absolute atomic E-state index is 0.132. The third kappa shape index (κ3) is 5.61. The predicted octanol–water partition coefficient (Wildman–Crippen LogP) is 6.26. The van der Waals surface area contributed by atoms with Gasteiger partial charge < -0.3 is 14.2 Å². The third-order valence-electron chi connectivity index (χ3n) is 5.07. The van der Waals surface area contributed by atoms with Crippen molar-refractivity contribution in [1.82, 2.24) is 0 Å². The predicted molar refractivity (Wildman–Crippen MR) is 142 cm³/mol. The molecule has 0 atom stereocenters. The maximum atomic E-state index is 13.0. The van der Waals surface area contributed by atoms with Gasteiger partial charge in [-0.25, -0.2) is 0 Å². The maximum Gasteiger partial charge on any atom is 0.270 e. The van der Waals surface area contributed by atoms with E-state index in [2.05, 4.69) is 0 Å². The Balaban J connectivity index is 1.45. The van der Waals surface area contributed by atoms with E-state index in [1.807, 2.05) is 92.7 Å². The highest BCUT2D eigenvalue weighted by atomic mass is 32.2. The second kappa shape index (κ2) is 11.2. The Morgan fingerprint density at radius 1 is 0.882 bits per heavy atom. The van der Waals surface area contributed by atoms with Gasteiger partial charge in [0, 0.05) is 0 Å². The van der Waals surface area contributed by atoms with E-state index in [0.29, 0.717) is 40.5 Å². The number of ether oxygens (including phenoxy) is 3. The number of amides is 1. The number of aryl methyl sites for hydroxylation is 1. The highest BCUT2D eigenvalue weighted by molar-refractivity contribution is 8.27. The van der Waals surface area contributed by atoms with Crippen LogP contribution in [0, 0.1) is 6.92 Å². The molecule has 1 heterocycles. The molecule has 3 aromatic rings. The summed E-state index contributed by atoms with van der Waals surface area (Å²) in [5, 5.41) is 0. The zero-order valence-corrected chi connectivity index (χ0v) is 20.7. The van der Waals surface area contributed by atoms with Crippen LogP contribution in [0.15, 0.2) is 77.7 Å². The van der Waals surface area contributed by atoms with Gasteiger partial charge in [0.05, 0.1) is 17.2 Å². The van der Waals surface area contributed by atoms with Crippen LogP contribution in [-0.2, 0) is 4.79 Å². The topological polar surface area (TPSA) is 48.0 Å². The second-order valence-corrected chi connectivity index (χ2v) is 9.13. The molecule has 0 aromatic heterocycles. The molecule has 34 heavy (non-hydrogen) atoms. The number of hydrogen-bond acceptors (Lipinski definition) is 6. The molecule has 1 aliphatic rings. The summed E-state index contributed by atoms with van der Waals surface area (Å²) in [6.45, 7) is 5.22. The Morgan fingerprint density at radius 3 is 2.32 bits per heavy atom. The summed E-state index contributed by atoms with van der Waals surface area (Å²) < 4.78 is 18.0. The lowest BCUT2D eigenvalue weighted by Gasteiger charge is -2.14. The molecular weight excluding hydrogens is 466 g/mol. The van der Waals surface area contributed by atoms with Crippen LogP contribution in [-0.4, -0.2) is 30.0 Å². The number of carbonyl (C=O) groups excluding carboxylic acids is 1. The van der Waals surface area contributed by atoms with E-state index >= 15 is 0 Å². The number of carbonyl (C=O) groups is 1. The fraction of sp³-hybridized carbons (Fsp3) is 0.185. The summed E-state index contributed by atoms with van der Waals surface area (Å²) in [6.07, 6.45) is 1.83. The van der Waals surface area contributed by atoms with E-state index in [1.54, 1.807) is 4.90 Å². The number of rotatable bonds is 9.